The molecule has 0 radical (unpaired) electrons. The molecule has 0 fully saturated rings. The van der Waals surface area contributed by atoms with Crippen LogP contribution in [0.1, 0.15) is 32.6 Å². The highest BCUT2D eigenvalue weighted by atomic mass is 16.5. The maximum atomic E-state index is 11.8. The predicted octanol–water partition coefficient (Wildman–Crippen LogP) is 4.40. The van der Waals surface area contributed by atoms with E-state index in [0.717, 1.165) is 11.1 Å². The number of aryl methyl sites for hydroxylation is 1. The smallest absolute Gasteiger partial charge is 0.168 e. The van der Waals surface area contributed by atoms with Crippen LogP contribution in [0.25, 0.3) is 11.3 Å². The second-order valence-corrected chi connectivity index (χ2v) is 6.49. The van der Waals surface area contributed by atoms with Gasteiger partial charge in [-0.1, -0.05) is 0 Å². The number of methoxy groups -OCH3 is 2. The highest BCUT2D eigenvalue weighted by Gasteiger charge is 2.25. The van der Waals surface area contributed by atoms with Crippen LogP contribution in [0.3, 0.4) is 0 Å². The van der Waals surface area contributed by atoms with Gasteiger partial charge in [-0.15, -0.1) is 0 Å². The van der Waals surface area contributed by atoms with Crippen molar-refractivity contribution in [3.63, 3.8) is 0 Å². The van der Waals surface area contributed by atoms with Gasteiger partial charge in [-0.2, -0.15) is 0 Å². The summed E-state index contributed by atoms with van der Waals surface area (Å²) >= 11 is 0. The number of ether oxygens (including phenoxy) is 2. The molecule has 0 bridgehead atoms. The summed E-state index contributed by atoms with van der Waals surface area (Å²) in [5, 5.41) is 20.7. The van der Waals surface area contributed by atoms with Crippen molar-refractivity contribution >= 4 is 6.29 Å². The fourth-order valence-electron chi connectivity index (χ4n) is 3.45. The molecule has 146 valence electrons. The molecule has 1 heterocycles. The SMILES string of the molecule is COc1cc(C)c(Cc2c(C=O)c(O)c(O)c(C)c2-c2ccco2)c(OC)c1. The number of phenols is 2. The van der Waals surface area contributed by atoms with E-state index in [1.54, 1.807) is 39.3 Å². The largest absolute Gasteiger partial charge is 0.504 e. The maximum absolute atomic E-state index is 11.8. The molecule has 2 aromatic carbocycles. The third kappa shape index (κ3) is 3.17. The molecule has 0 spiro atoms. The van der Waals surface area contributed by atoms with Crippen LogP contribution in [0, 0.1) is 13.8 Å². The predicted molar refractivity (Wildman–Crippen MR) is 105 cm³/mol. The number of aromatic hydroxyl groups is 2. The number of aldehydes is 1. The highest BCUT2D eigenvalue weighted by molar-refractivity contribution is 5.90. The average Bonchev–Trinajstić information content (AvgIpc) is 3.22. The lowest BCUT2D eigenvalue weighted by Gasteiger charge is -2.19. The summed E-state index contributed by atoms with van der Waals surface area (Å²) in [6.45, 7) is 3.59. The molecule has 2 N–H and O–H groups in total. The molecule has 6 nitrogen and oxygen atoms in total. The molecule has 0 amide bonds. The van der Waals surface area contributed by atoms with Gasteiger partial charge in [0.2, 0.25) is 0 Å². The third-order valence-electron chi connectivity index (χ3n) is 4.94. The van der Waals surface area contributed by atoms with Crippen LogP contribution in [0.5, 0.6) is 23.0 Å². The summed E-state index contributed by atoms with van der Waals surface area (Å²) in [6.07, 6.45) is 2.35. The standard InChI is InChI=1S/C22H22O6/c1-12-8-14(26-3)9-19(27-4)15(12)10-16-17(11-23)22(25)21(24)13(2)20(16)18-6-5-7-28-18/h5-9,11,24-25H,10H2,1-4H3. The van der Waals surface area contributed by atoms with Crippen molar-refractivity contribution in [1.82, 2.24) is 0 Å². The van der Waals surface area contributed by atoms with E-state index in [0.29, 0.717) is 40.2 Å². The Balaban J connectivity index is 2.30. The van der Waals surface area contributed by atoms with E-state index in [2.05, 4.69) is 0 Å². The molecule has 1 aromatic heterocycles. The van der Waals surface area contributed by atoms with Gasteiger partial charge in [0.25, 0.3) is 0 Å². The molecule has 0 unspecified atom stereocenters. The average molecular weight is 382 g/mol. The zero-order chi connectivity index (χ0) is 20.4. The molecule has 3 rings (SSSR count). The lowest BCUT2D eigenvalue weighted by Crippen LogP contribution is -2.05. The van der Waals surface area contributed by atoms with Crippen molar-refractivity contribution < 1.29 is 28.9 Å². The molecule has 0 saturated carbocycles. The Kier molecular flexibility index (Phi) is 5.31. The number of benzene rings is 2. The Labute approximate surface area is 163 Å². The Morgan fingerprint density at radius 1 is 1.07 bits per heavy atom. The third-order valence-corrected chi connectivity index (χ3v) is 4.94. The van der Waals surface area contributed by atoms with Crippen molar-refractivity contribution in [3.05, 3.63) is 58.3 Å². The van der Waals surface area contributed by atoms with E-state index in [-0.39, 0.29) is 17.7 Å². The van der Waals surface area contributed by atoms with Crippen molar-refractivity contribution in [2.24, 2.45) is 0 Å². The molecule has 0 aliphatic rings. The molecule has 0 aliphatic carbocycles. The Hall–Kier alpha value is -3.41. The fraction of sp³-hybridized carbons (Fsp3) is 0.227. The number of rotatable bonds is 6. The molecule has 28 heavy (non-hydrogen) atoms. The highest BCUT2D eigenvalue weighted by Crippen LogP contribution is 2.44. The summed E-state index contributed by atoms with van der Waals surface area (Å²) in [5.74, 6) is 0.976. The van der Waals surface area contributed by atoms with Crippen molar-refractivity contribution in [3.8, 4) is 34.3 Å². The van der Waals surface area contributed by atoms with Crippen LogP contribution < -0.4 is 9.47 Å². The van der Waals surface area contributed by atoms with E-state index >= 15 is 0 Å². The van der Waals surface area contributed by atoms with Crippen molar-refractivity contribution in [2.45, 2.75) is 20.3 Å². The first kappa shape index (κ1) is 19.4. The number of phenolic OH excluding ortho intramolecular Hbond substituents is 2. The zero-order valence-electron chi connectivity index (χ0n) is 16.2. The molecule has 0 saturated heterocycles. The van der Waals surface area contributed by atoms with E-state index in [1.807, 2.05) is 13.0 Å². The summed E-state index contributed by atoms with van der Waals surface area (Å²) in [6, 6.07) is 7.11. The molecule has 0 atom stereocenters. The number of hydrogen-bond donors (Lipinski definition) is 2. The van der Waals surface area contributed by atoms with E-state index in [4.69, 9.17) is 13.9 Å². The summed E-state index contributed by atoms with van der Waals surface area (Å²) < 4.78 is 16.4. The zero-order valence-corrected chi connectivity index (χ0v) is 16.2. The van der Waals surface area contributed by atoms with E-state index in [1.165, 1.54) is 6.26 Å². The fourth-order valence-corrected chi connectivity index (χ4v) is 3.45. The van der Waals surface area contributed by atoms with E-state index in [9.17, 15) is 15.0 Å². The van der Waals surface area contributed by atoms with Gasteiger partial charge in [0.1, 0.15) is 17.3 Å². The second kappa shape index (κ2) is 7.68. The van der Waals surface area contributed by atoms with Gasteiger partial charge < -0.3 is 24.1 Å². The Bertz CT molecular complexity index is 1020. The van der Waals surface area contributed by atoms with Crippen LogP contribution in [0.2, 0.25) is 0 Å². The van der Waals surface area contributed by atoms with Crippen molar-refractivity contribution in [1.29, 1.82) is 0 Å². The molecular weight excluding hydrogens is 360 g/mol. The molecule has 0 aliphatic heterocycles. The first-order valence-corrected chi connectivity index (χ1v) is 8.70. The van der Waals surface area contributed by atoms with Gasteiger partial charge in [-0.3, -0.25) is 4.79 Å². The van der Waals surface area contributed by atoms with Gasteiger partial charge in [-0.25, -0.2) is 0 Å². The monoisotopic (exact) mass is 382 g/mol. The minimum atomic E-state index is -0.442. The molecule has 6 heteroatoms. The lowest BCUT2D eigenvalue weighted by molar-refractivity contribution is 0.111. The topological polar surface area (TPSA) is 89.1 Å². The van der Waals surface area contributed by atoms with Gasteiger partial charge in [0.05, 0.1) is 26.0 Å². The lowest BCUT2D eigenvalue weighted by atomic mass is 9.88. The van der Waals surface area contributed by atoms with Gasteiger partial charge in [0.15, 0.2) is 17.8 Å². The summed E-state index contributed by atoms with van der Waals surface area (Å²) in [4.78, 5) is 11.8. The van der Waals surface area contributed by atoms with Crippen LogP contribution in [0.4, 0.5) is 0 Å². The maximum Gasteiger partial charge on any atom is 0.168 e. The minimum Gasteiger partial charge on any atom is -0.504 e. The van der Waals surface area contributed by atoms with Gasteiger partial charge in [-0.05, 0) is 43.2 Å². The minimum absolute atomic E-state index is 0.0202. The summed E-state index contributed by atoms with van der Waals surface area (Å²) in [7, 11) is 3.14. The first-order chi connectivity index (χ1) is 13.4. The van der Waals surface area contributed by atoms with Crippen LogP contribution >= 0.6 is 0 Å². The van der Waals surface area contributed by atoms with E-state index < -0.39 is 5.75 Å². The normalized spacial score (nSPS) is 10.7. The Morgan fingerprint density at radius 3 is 2.39 bits per heavy atom. The van der Waals surface area contributed by atoms with Gasteiger partial charge >= 0.3 is 0 Å². The quantitative estimate of drug-likeness (QED) is 0.485. The number of carbonyl (C=O) groups is 1. The van der Waals surface area contributed by atoms with Crippen LogP contribution in [-0.2, 0) is 6.42 Å². The number of hydrogen-bond acceptors (Lipinski definition) is 6. The first-order valence-electron chi connectivity index (χ1n) is 8.70. The number of carbonyl (C=O) groups excluding carboxylic acids is 1. The van der Waals surface area contributed by atoms with Crippen molar-refractivity contribution in [2.75, 3.05) is 14.2 Å². The van der Waals surface area contributed by atoms with Crippen LogP contribution in [0.15, 0.2) is 34.9 Å². The van der Waals surface area contributed by atoms with Crippen LogP contribution in [-0.4, -0.2) is 30.7 Å². The second-order valence-electron chi connectivity index (χ2n) is 6.49. The van der Waals surface area contributed by atoms with Gasteiger partial charge in [0, 0.05) is 29.2 Å². The Morgan fingerprint density at radius 2 is 1.82 bits per heavy atom. The summed E-state index contributed by atoms with van der Waals surface area (Å²) in [5.41, 5.74) is 3.31. The number of furan rings is 1. The molecule has 3 aromatic rings. The molecular formula is C22H22O6.